The summed E-state index contributed by atoms with van der Waals surface area (Å²) in [5.41, 5.74) is 0. The molecule has 0 aromatic carbocycles. The van der Waals surface area contributed by atoms with E-state index in [2.05, 4.69) is 0 Å². The predicted octanol–water partition coefficient (Wildman–Crippen LogP) is 1.99. The summed E-state index contributed by atoms with van der Waals surface area (Å²) in [6, 6.07) is 0. The minimum absolute atomic E-state index is 0.0643. The fourth-order valence-electron chi connectivity index (χ4n) is 2.58. The molecule has 0 aromatic heterocycles. The van der Waals surface area contributed by atoms with Gasteiger partial charge in [-0.25, -0.2) is 0 Å². The van der Waals surface area contributed by atoms with Gasteiger partial charge in [0.2, 0.25) is 0 Å². The van der Waals surface area contributed by atoms with Gasteiger partial charge >= 0.3 is 5.97 Å². The van der Waals surface area contributed by atoms with E-state index < -0.39 is 0 Å². The molecule has 2 saturated carbocycles. The maximum absolute atomic E-state index is 11.3. The second-order valence-electron chi connectivity index (χ2n) is 3.89. The van der Waals surface area contributed by atoms with Crippen LogP contribution in [0.3, 0.4) is 0 Å². The highest BCUT2D eigenvalue weighted by molar-refractivity contribution is 5.76. The SMILES string of the molecule is CCOC(=O)C1[C@H]2CCCC[C@H]12. The van der Waals surface area contributed by atoms with Crippen LogP contribution in [0.2, 0.25) is 0 Å². The van der Waals surface area contributed by atoms with Gasteiger partial charge in [0, 0.05) is 0 Å². The van der Waals surface area contributed by atoms with Crippen molar-refractivity contribution in [1.29, 1.82) is 0 Å². The molecule has 2 aliphatic rings. The Morgan fingerprint density at radius 1 is 1.33 bits per heavy atom. The van der Waals surface area contributed by atoms with Gasteiger partial charge in [-0.05, 0) is 31.6 Å². The molecule has 2 aliphatic carbocycles. The Hall–Kier alpha value is -0.530. The predicted molar refractivity (Wildman–Crippen MR) is 45.6 cm³/mol. The second-order valence-corrected chi connectivity index (χ2v) is 3.89. The Balaban J connectivity index is 1.87. The van der Waals surface area contributed by atoms with Crippen LogP contribution in [0.25, 0.3) is 0 Å². The topological polar surface area (TPSA) is 26.3 Å². The van der Waals surface area contributed by atoms with Crippen molar-refractivity contribution in [1.82, 2.24) is 0 Å². The van der Waals surface area contributed by atoms with Gasteiger partial charge in [-0.2, -0.15) is 0 Å². The molecule has 2 rings (SSSR count). The zero-order valence-corrected chi connectivity index (χ0v) is 7.58. The smallest absolute Gasteiger partial charge is 0.309 e. The van der Waals surface area contributed by atoms with E-state index in [0.717, 1.165) is 0 Å². The zero-order chi connectivity index (χ0) is 8.55. The first kappa shape index (κ1) is 8.09. The molecule has 2 heteroatoms. The lowest BCUT2D eigenvalue weighted by Gasteiger charge is -2.04. The summed E-state index contributed by atoms with van der Waals surface area (Å²) in [6.45, 7) is 2.42. The van der Waals surface area contributed by atoms with Crippen LogP contribution in [0, 0.1) is 17.8 Å². The van der Waals surface area contributed by atoms with Gasteiger partial charge in [0.1, 0.15) is 0 Å². The van der Waals surface area contributed by atoms with E-state index >= 15 is 0 Å². The van der Waals surface area contributed by atoms with E-state index in [1.54, 1.807) is 0 Å². The van der Waals surface area contributed by atoms with Crippen molar-refractivity contribution in [2.75, 3.05) is 6.61 Å². The highest BCUT2D eigenvalue weighted by atomic mass is 16.5. The summed E-state index contributed by atoms with van der Waals surface area (Å²) in [5, 5.41) is 0. The van der Waals surface area contributed by atoms with Gasteiger partial charge < -0.3 is 4.74 Å². The first-order valence-electron chi connectivity index (χ1n) is 5.01. The van der Waals surface area contributed by atoms with Crippen molar-refractivity contribution in [3.05, 3.63) is 0 Å². The molecule has 2 fully saturated rings. The Morgan fingerprint density at radius 2 is 1.92 bits per heavy atom. The molecule has 0 N–H and O–H groups in total. The van der Waals surface area contributed by atoms with Gasteiger partial charge in [-0.1, -0.05) is 12.8 Å². The minimum Gasteiger partial charge on any atom is -0.466 e. The highest BCUT2D eigenvalue weighted by Crippen LogP contribution is 2.55. The van der Waals surface area contributed by atoms with Gasteiger partial charge in [0.05, 0.1) is 12.5 Å². The van der Waals surface area contributed by atoms with Crippen LogP contribution in [-0.4, -0.2) is 12.6 Å². The van der Waals surface area contributed by atoms with Crippen LogP contribution in [0.15, 0.2) is 0 Å². The van der Waals surface area contributed by atoms with E-state index in [4.69, 9.17) is 4.74 Å². The van der Waals surface area contributed by atoms with Crippen LogP contribution in [-0.2, 0) is 9.53 Å². The molecule has 2 atom stereocenters. The maximum atomic E-state index is 11.3. The average Bonchev–Trinajstić information content (AvgIpc) is 2.78. The normalized spacial score (nSPS) is 38.6. The molecule has 0 aromatic rings. The second kappa shape index (κ2) is 3.08. The molecule has 0 aliphatic heterocycles. The first-order valence-corrected chi connectivity index (χ1v) is 5.01. The van der Waals surface area contributed by atoms with E-state index in [0.29, 0.717) is 18.4 Å². The Kier molecular flexibility index (Phi) is 2.07. The first-order chi connectivity index (χ1) is 5.84. The molecule has 0 saturated heterocycles. The van der Waals surface area contributed by atoms with Crippen LogP contribution < -0.4 is 0 Å². The third kappa shape index (κ3) is 1.23. The van der Waals surface area contributed by atoms with E-state index in [1.165, 1.54) is 25.7 Å². The fourth-order valence-corrected chi connectivity index (χ4v) is 2.58. The maximum Gasteiger partial charge on any atom is 0.309 e. The molecule has 0 bridgehead atoms. The number of hydrogen-bond donors (Lipinski definition) is 0. The Bertz CT molecular complexity index is 176. The summed E-state index contributed by atoms with van der Waals surface area (Å²) in [5.74, 6) is 1.73. The van der Waals surface area contributed by atoms with E-state index in [-0.39, 0.29) is 11.9 Å². The van der Waals surface area contributed by atoms with Crippen molar-refractivity contribution in [3.8, 4) is 0 Å². The highest BCUT2D eigenvalue weighted by Gasteiger charge is 2.55. The van der Waals surface area contributed by atoms with Gasteiger partial charge in [-0.15, -0.1) is 0 Å². The molecule has 2 nitrogen and oxygen atoms in total. The molecule has 12 heavy (non-hydrogen) atoms. The monoisotopic (exact) mass is 168 g/mol. The molecular weight excluding hydrogens is 152 g/mol. The fraction of sp³-hybridized carbons (Fsp3) is 0.900. The Labute approximate surface area is 73.3 Å². The minimum atomic E-state index is 0.0643. The van der Waals surface area contributed by atoms with Crippen LogP contribution in [0.5, 0.6) is 0 Å². The summed E-state index contributed by atoms with van der Waals surface area (Å²) in [4.78, 5) is 11.3. The van der Waals surface area contributed by atoms with Crippen molar-refractivity contribution in [2.45, 2.75) is 32.6 Å². The summed E-state index contributed by atoms with van der Waals surface area (Å²) in [7, 11) is 0. The van der Waals surface area contributed by atoms with Crippen molar-refractivity contribution in [3.63, 3.8) is 0 Å². The number of carbonyl (C=O) groups excluding carboxylic acids is 1. The molecule has 0 amide bonds. The van der Waals surface area contributed by atoms with Crippen molar-refractivity contribution < 1.29 is 9.53 Å². The van der Waals surface area contributed by atoms with E-state index in [1.807, 2.05) is 6.92 Å². The number of ether oxygens (including phenoxy) is 1. The molecule has 0 heterocycles. The van der Waals surface area contributed by atoms with Crippen LogP contribution in [0.1, 0.15) is 32.6 Å². The molecule has 0 unspecified atom stereocenters. The Morgan fingerprint density at radius 3 is 2.42 bits per heavy atom. The van der Waals surface area contributed by atoms with E-state index in [9.17, 15) is 4.79 Å². The number of carbonyl (C=O) groups is 1. The number of esters is 1. The third-order valence-electron chi connectivity index (χ3n) is 3.22. The zero-order valence-electron chi connectivity index (χ0n) is 7.58. The van der Waals surface area contributed by atoms with Gasteiger partial charge in [0.25, 0.3) is 0 Å². The number of hydrogen-bond acceptors (Lipinski definition) is 2. The quantitative estimate of drug-likeness (QED) is 0.589. The lowest BCUT2D eigenvalue weighted by atomic mass is 10.0. The summed E-state index contributed by atoms with van der Waals surface area (Å²) in [6.07, 6.45) is 5.15. The largest absolute Gasteiger partial charge is 0.466 e. The van der Waals surface area contributed by atoms with Gasteiger partial charge in [-0.3, -0.25) is 4.79 Å². The summed E-state index contributed by atoms with van der Waals surface area (Å²) < 4.78 is 5.02. The number of fused-ring (bicyclic) bond motifs is 1. The van der Waals surface area contributed by atoms with Crippen molar-refractivity contribution in [2.24, 2.45) is 17.8 Å². The van der Waals surface area contributed by atoms with Gasteiger partial charge in [0.15, 0.2) is 0 Å². The average molecular weight is 168 g/mol. The van der Waals surface area contributed by atoms with Crippen LogP contribution in [0.4, 0.5) is 0 Å². The molecule has 0 spiro atoms. The third-order valence-corrected chi connectivity index (χ3v) is 3.22. The molecular formula is C10H16O2. The lowest BCUT2D eigenvalue weighted by Crippen LogP contribution is -2.08. The molecule has 0 radical (unpaired) electrons. The standard InChI is InChI=1S/C10H16O2/c1-2-12-10(11)9-7-5-3-4-6-8(7)9/h7-9H,2-6H2,1H3/t7-,8-/m0/s1. The molecule has 68 valence electrons. The van der Waals surface area contributed by atoms with Crippen LogP contribution >= 0.6 is 0 Å². The number of rotatable bonds is 2. The summed E-state index contributed by atoms with van der Waals surface area (Å²) >= 11 is 0. The lowest BCUT2D eigenvalue weighted by molar-refractivity contribution is -0.145. The van der Waals surface area contributed by atoms with Crippen molar-refractivity contribution >= 4 is 5.97 Å².